The standard InChI is InChI=1S/C8H7NO2S2/c1-4(10)6-2-5-8(13-6)12-3-7(11)9-5/h2H,3H2,1H3,(H,9,11). The van der Waals surface area contributed by atoms with E-state index in [0.29, 0.717) is 10.6 Å². The highest BCUT2D eigenvalue weighted by molar-refractivity contribution is 8.02. The van der Waals surface area contributed by atoms with E-state index in [1.54, 1.807) is 6.07 Å². The second-order valence-electron chi connectivity index (χ2n) is 2.70. The molecule has 1 aliphatic heterocycles. The maximum absolute atomic E-state index is 11.0. The largest absolute Gasteiger partial charge is 0.324 e. The summed E-state index contributed by atoms with van der Waals surface area (Å²) in [5, 5.41) is 2.73. The van der Waals surface area contributed by atoms with E-state index in [-0.39, 0.29) is 11.7 Å². The molecule has 2 heterocycles. The number of ketones is 1. The van der Waals surface area contributed by atoms with Gasteiger partial charge in [0.05, 0.1) is 20.5 Å². The monoisotopic (exact) mass is 213 g/mol. The summed E-state index contributed by atoms with van der Waals surface area (Å²) in [5.74, 6) is 0.504. The average Bonchev–Trinajstić information content (AvgIpc) is 2.46. The predicted octanol–water partition coefficient (Wildman–Crippen LogP) is 1.99. The van der Waals surface area contributed by atoms with Crippen LogP contribution in [-0.2, 0) is 4.79 Å². The molecule has 3 nitrogen and oxygen atoms in total. The number of carbonyl (C=O) groups is 2. The first-order valence-corrected chi connectivity index (χ1v) is 5.54. The zero-order chi connectivity index (χ0) is 9.42. The van der Waals surface area contributed by atoms with Gasteiger partial charge in [0, 0.05) is 0 Å². The summed E-state index contributed by atoms with van der Waals surface area (Å²) in [6.45, 7) is 1.53. The van der Waals surface area contributed by atoms with Gasteiger partial charge in [0.25, 0.3) is 0 Å². The lowest BCUT2D eigenvalue weighted by Crippen LogP contribution is -2.17. The van der Waals surface area contributed by atoms with Gasteiger partial charge >= 0.3 is 0 Å². The van der Waals surface area contributed by atoms with E-state index < -0.39 is 0 Å². The minimum absolute atomic E-state index is 0.00500. The van der Waals surface area contributed by atoms with Gasteiger partial charge in [0.1, 0.15) is 0 Å². The molecule has 0 saturated heterocycles. The van der Waals surface area contributed by atoms with Crippen molar-refractivity contribution in [2.24, 2.45) is 0 Å². The lowest BCUT2D eigenvalue weighted by atomic mass is 10.3. The average molecular weight is 213 g/mol. The van der Waals surface area contributed by atoms with Gasteiger partial charge in [-0.2, -0.15) is 0 Å². The summed E-state index contributed by atoms with van der Waals surface area (Å²) >= 11 is 2.93. The topological polar surface area (TPSA) is 46.2 Å². The van der Waals surface area contributed by atoms with E-state index in [4.69, 9.17) is 0 Å². The Morgan fingerprint density at radius 2 is 2.38 bits per heavy atom. The normalized spacial score (nSPS) is 15.0. The van der Waals surface area contributed by atoms with Gasteiger partial charge in [-0.25, -0.2) is 0 Å². The van der Waals surface area contributed by atoms with Crippen LogP contribution in [0.3, 0.4) is 0 Å². The van der Waals surface area contributed by atoms with Crippen molar-refractivity contribution in [3.63, 3.8) is 0 Å². The van der Waals surface area contributed by atoms with E-state index in [1.807, 2.05) is 0 Å². The number of amides is 1. The number of anilines is 1. The first kappa shape index (κ1) is 8.77. The maximum atomic E-state index is 11.0. The van der Waals surface area contributed by atoms with Crippen molar-refractivity contribution in [2.75, 3.05) is 11.1 Å². The number of Topliss-reactive ketones (excluding diaryl/α,β-unsaturated/α-hetero) is 1. The number of thioether (sulfide) groups is 1. The van der Waals surface area contributed by atoms with Gasteiger partial charge < -0.3 is 5.32 Å². The first-order chi connectivity index (χ1) is 6.16. The molecule has 0 aromatic carbocycles. The highest BCUT2D eigenvalue weighted by Crippen LogP contribution is 2.38. The minimum atomic E-state index is 0.00500. The third-order valence-electron chi connectivity index (χ3n) is 1.65. The molecule has 0 saturated carbocycles. The van der Waals surface area contributed by atoms with Crippen LogP contribution in [0.1, 0.15) is 16.6 Å². The van der Waals surface area contributed by atoms with Crippen molar-refractivity contribution in [3.05, 3.63) is 10.9 Å². The molecule has 1 N–H and O–H groups in total. The minimum Gasteiger partial charge on any atom is -0.324 e. The van der Waals surface area contributed by atoms with Crippen LogP contribution in [0, 0.1) is 0 Å². The summed E-state index contributed by atoms with van der Waals surface area (Å²) in [6.07, 6.45) is 0. The summed E-state index contributed by atoms with van der Waals surface area (Å²) in [5.41, 5.74) is 0.788. The van der Waals surface area contributed by atoms with Crippen LogP contribution < -0.4 is 5.32 Å². The molecule has 0 atom stereocenters. The van der Waals surface area contributed by atoms with Crippen LogP contribution >= 0.6 is 23.1 Å². The Bertz CT molecular complexity index is 383. The van der Waals surface area contributed by atoms with Crippen LogP contribution in [0.15, 0.2) is 10.3 Å². The molecule has 2 rings (SSSR count). The van der Waals surface area contributed by atoms with Gasteiger partial charge in [-0.05, 0) is 13.0 Å². The molecule has 1 aromatic rings. The van der Waals surface area contributed by atoms with Gasteiger partial charge in [-0.15, -0.1) is 23.1 Å². The molecule has 0 radical (unpaired) electrons. The van der Waals surface area contributed by atoms with Crippen molar-refractivity contribution in [1.29, 1.82) is 0 Å². The van der Waals surface area contributed by atoms with E-state index in [0.717, 1.165) is 9.90 Å². The van der Waals surface area contributed by atoms with E-state index in [1.165, 1.54) is 30.0 Å². The van der Waals surface area contributed by atoms with Crippen molar-refractivity contribution >= 4 is 40.5 Å². The fourth-order valence-corrected chi connectivity index (χ4v) is 3.08. The number of hydrogen-bond donors (Lipinski definition) is 1. The van der Waals surface area contributed by atoms with E-state index >= 15 is 0 Å². The van der Waals surface area contributed by atoms with Crippen LogP contribution in [0.2, 0.25) is 0 Å². The van der Waals surface area contributed by atoms with Crippen LogP contribution in [-0.4, -0.2) is 17.4 Å². The Morgan fingerprint density at radius 3 is 3.08 bits per heavy atom. The van der Waals surface area contributed by atoms with Crippen molar-refractivity contribution < 1.29 is 9.59 Å². The van der Waals surface area contributed by atoms with Gasteiger partial charge in [-0.1, -0.05) is 0 Å². The molecule has 0 aliphatic carbocycles. The molecular weight excluding hydrogens is 206 g/mol. The molecule has 5 heteroatoms. The number of nitrogens with one attached hydrogen (secondary N) is 1. The van der Waals surface area contributed by atoms with Crippen molar-refractivity contribution in [1.82, 2.24) is 0 Å². The molecule has 13 heavy (non-hydrogen) atoms. The van der Waals surface area contributed by atoms with Crippen LogP contribution in [0.5, 0.6) is 0 Å². The molecule has 68 valence electrons. The molecular formula is C8H7NO2S2. The highest BCUT2D eigenvalue weighted by Gasteiger charge is 2.19. The third kappa shape index (κ3) is 1.62. The lowest BCUT2D eigenvalue weighted by Gasteiger charge is -2.10. The Kier molecular flexibility index (Phi) is 2.13. The second-order valence-corrected chi connectivity index (χ2v) is 5.00. The number of hydrogen-bond acceptors (Lipinski definition) is 4. The summed E-state index contributed by atoms with van der Waals surface area (Å²) < 4.78 is 1.03. The second kappa shape index (κ2) is 3.16. The molecule has 0 fully saturated rings. The van der Waals surface area contributed by atoms with Crippen LogP contribution in [0.4, 0.5) is 5.69 Å². The maximum Gasteiger partial charge on any atom is 0.234 e. The fourth-order valence-electron chi connectivity index (χ4n) is 1.06. The molecule has 1 aliphatic rings. The SMILES string of the molecule is CC(=O)c1cc2c(s1)SCC(=O)N2. The number of fused-ring (bicyclic) bond motifs is 1. The van der Waals surface area contributed by atoms with E-state index in [9.17, 15) is 9.59 Å². The van der Waals surface area contributed by atoms with E-state index in [2.05, 4.69) is 5.32 Å². The Hall–Kier alpha value is -0.810. The van der Waals surface area contributed by atoms with Crippen LogP contribution in [0.25, 0.3) is 0 Å². The zero-order valence-electron chi connectivity index (χ0n) is 6.92. The lowest BCUT2D eigenvalue weighted by molar-refractivity contribution is -0.113. The number of thiophene rings is 1. The Morgan fingerprint density at radius 1 is 1.62 bits per heavy atom. The summed E-state index contributed by atoms with van der Waals surface area (Å²) in [4.78, 5) is 22.7. The first-order valence-electron chi connectivity index (χ1n) is 3.74. The molecule has 1 aromatic heterocycles. The third-order valence-corrected chi connectivity index (χ3v) is 4.18. The number of carbonyl (C=O) groups excluding carboxylic acids is 2. The predicted molar refractivity (Wildman–Crippen MR) is 53.7 cm³/mol. The van der Waals surface area contributed by atoms with Crippen molar-refractivity contribution in [2.45, 2.75) is 11.1 Å². The smallest absolute Gasteiger partial charge is 0.234 e. The highest BCUT2D eigenvalue weighted by atomic mass is 32.2. The van der Waals surface area contributed by atoms with Gasteiger partial charge in [0.15, 0.2) is 5.78 Å². The van der Waals surface area contributed by atoms with Gasteiger partial charge in [0.2, 0.25) is 5.91 Å². The molecule has 0 unspecified atom stereocenters. The number of rotatable bonds is 1. The molecule has 0 spiro atoms. The Labute approximate surface area is 83.5 Å². The molecule has 1 amide bonds. The quantitative estimate of drug-likeness (QED) is 0.726. The van der Waals surface area contributed by atoms with Gasteiger partial charge in [-0.3, -0.25) is 9.59 Å². The summed E-state index contributed by atoms with van der Waals surface area (Å²) in [6, 6.07) is 1.74. The zero-order valence-corrected chi connectivity index (χ0v) is 8.55. The molecule has 0 bridgehead atoms. The fraction of sp³-hybridized carbons (Fsp3) is 0.250. The Balaban J connectivity index is 2.39. The summed E-state index contributed by atoms with van der Waals surface area (Å²) in [7, 11) is 0. The van der Waals surface area contributed by atoms with Crippen molar-refractivity contribution in [3.8, 4) is 0 Å².